The molecule has 1 aromatic heterocycles. The molecule has 7 heteroatoms. The van der Waals surface area contributed by atoms with Gasteiger partial charge in [0.1, 0.15) is 11.3 Å². The molecule has 2 N–H and O–H groups in total. The molecule has 1 heterocycles. The molecule has 3 aromatic rings. The van der Waals surface area contributed by atoms with Crippen LogP contribution in [0.3, 0.4) is 0 Å². The fourth-order valence-electron chi connectivity index (χ4n) is 2.64. The number of ether oxygens (including phenoxy) is 1. The summed E-state index contributed by atoms with van der Waals surface area (Å²) in [6, 6.07) is 11.2. The van der Waals surface area contributed by atoms with Crippen LogP contribution in [0.5, 0.6) is 5.75 Å². The number of hydrazine groups is 1. The number of aryl methyl sites for hydroxylation is 3. The summed E-state index contributed by atoms with van der Waals surface area (Å²) in [5.74, 6) is -0.213. The van der Waals surface area contributed by atoms with Gasteiger partial charge in [0.05, 0.1) is 0 Å². The lowest BCUT2D eigenvalue weighted by Crippen LogP contribution is -2.43. The highest BCUT2D eigenvalue weighted by Gasteiger charge is 2.18. The summed E-state index contributed by atoms with van der Waals surface area (Å²) >= 11 is 3.40. The first-order chi connectivity index (χ1) is 12.8. The Balaban J connectivity index is 1.59. The van der Waals surface area contributed by atoms with Crippen LogP contribution in [0.1, 0.15) is 27.2 Å². The van der Waals surface area contributed by atoms with Crippen LogP contribution < -0.4 is 15.6 Å². The number of carbonyl (C=O) groups is 2. The van der Waals surface area contributed by atoms with Gasteiger partial charge in [-0.3, -0.25) is 20.4 Å². The molecule has 3 rings (SSSR count). The van der Waals surface area contributed by atoms with E-state index in [9.17, 15) is 9.59 Å². The van der Waals surface area contributed by atoms with Gasteiger partial charge in [-0.15, -0.1) is 0 Å². The van der Waals surface area contributed by atoms with E-state index in [2.05, 4.69) is 26.8 Å². The number of amides is 2. The number of hydrogen-bond acceptors (Lipinski definition) is 4. The molecule has 0 aliphatic heterocycles. The Morgan fingerprint density at radius 3 is 2.63 bits per heavy atom. The van der Waals surface area contributed by atoms with Crippen molar-refractivity contribution in [3.63, 3.8) is 0 Å². The summed E-state index contributed by atoms with van der Waals surface area (Å²) in [7, 11) is 0. The van der Waals surface area contributed by atoms with Gasteiger partial charge in [0, 0.05) is 15.4 Å². The van der Waals surface area contributed by atoms with E-state index < -0.39 is 11.8 Å². The zero-order valence-electron chi connectivity index (χ0n) is 15.2. The number of nitrogens with one attached hydrogen (secondary N) is 2. The monoisotopic (exact) mass is 430 g/mol. The third-order valence-corrected chi connectivity index (χ3v) is 4.62. The average Bonchev–Trinajstić information content (AvgIpc) is 2.97. The molecule has 140 valence electrons. The molecule has 0 spiro atoms. The Morgan fingerprint density at radius 1 is 1.07 bits per heavy atom. The fourth-order valence-corrected chi connectivity index (χ4v) is 3.00. The van der Waals surface area contributed by atoms with Gasteiger partial charge >= 0.3 is 5.91 Å². The first-order valence-corrected chi connectivity index (χ1v) is 9.12. The SMILES string of the molecule is Cc1ccc(C)c(OCC(=O)NNC(=O)c2oc3ccc(Br)cc3c2C)c1. The van der Waals surface area contributed by atoms with Crippen LogP contribution in [0.25, 0.3) is 11.0 Å². The Hall–Kier alpha value is -2.80. The van der Waals surface area contributed by atoms with Crippen LogP contribution in [0, 0.1) is 20.8 Å². The third kappa shape index (κ3) is 4.31. The second kappa shape index (κ2) is 7.84. The number of furan rings is 1. The van der Waals surface area contributed by atoms with E-state index in [1.165, 1.54) is 0 Å². The lowest BCUT2D eigenvalue weighted by molar-refractivity contribution is -0.123. The molecule has 0 unspecified atom stereocenters. The number of rotatable bonds is 4. The molecule has 6 nitrogen and oxygen atoms in total. The minimum atomic E-state index is -0.528. The maximum absolute atomic E-state index is 12.3. The van der Waals surface area contributed by atoms with Crippen LogP contribution in [-0.4, -0.2) is 18.4 Å². The molecule has 2 amide bonds. The van der Waals surface area contributed by atoms with Crippen LogP contribution in [0.2, 0.25) is 0 Å². The Bertz CT molecular complexity index is 1030. The molecule has 0 bridgehead atoms. The van der Waals surface area contributed by atoms with E-state index in [4.69, 9.17) is 9.15 Å². The highest BCUT2D eigenvalue weighted by molar-refractivity contribution is 9.10. The lowest BCUT2D eigenvalue weighted by Gasteiger charge is -2.10. The predicted octanol–water partition coefficient (Wildman–Crippen LogP) is 3.96. The minimum absolute atomic E-state index is 0.152. The van der Waals surface area contributed by atoms with Crippen molar-refractivity contribution in [2.45, 2.75) is 20.8 Å². The Kier molecular flexibility index (Phi) is 5.51. The Morgan fingerprint density at radius 2 is 1.85 bits per heavy atom. The van der Waals surface area contributed by atoms with Crippen molar-refractivity contribution in [2.24, 2.45) is 0 Å². The van der Waals surface area contributed by atoms with Gasteiger partial charge in [0.25, 0.3) is 5.91 Å². The van der Waals surface area contributed by atoms with E-state index in [0.717, 1.165) is 21.0 Å². The molecular weight excluding hydrogens is 412 g/mol. The summed E-state index contributed by atoms with van der Waals surface area (Å²) in [6.07, 6.45) is 0. The maximum Gasteiger partial charge on any atom is 0.305 e. The van der Waals surface area contributed by atoms with Crippen LogP contribution in [0.4, 0.5) is 0 Å². The second-order valence-electron chi connectivity index (χ2n) is 6.26. The lowest BCUT2D eigenvalue weighted by atomic mass is 10.1. The van der Waals surface area contributed by atoms with Gasteiger partial charge in [0.15, 0.2) is 12.4 Å². The van der Waals surface area contributed by atoms with Gasteiger partial charge in [-0.1, -0.05) is 28.1 Å². The topological polar surface area (TPSA) is 80.6 Å². The molecule has 27 heavy (non-hydrogen) atoms. The van der Waals surface area contributed by atoms with E-state index in [-0.39, 0.29) is 12.4 Å². The van der Waals surface area contributed by atoms with Crippen molar-refractivity contribution in [3.05, 3.63) is 63.3 Å². The maximum atomic E-state index is 12.3. The van der Waals surface area contributed by atoms with E-state index in [1.54, 1.807) is 13.0 Å². The van der Waals surface area contributed by atoms with Crippen LogP contribution >= 0.6 is 15.9 Å². The van der Waals surface area contributed by atoms with Gasteiger partial charge in [-0.2, -0.15) is 0 Å². The van der Waals surface area contributed by atoms with Gasteiger partial charge < -0.3 is 9.15 Å². The number of hydrogen-bond donors (Lipinski definition) is 2. The first-order valence-electron chi connectivity index (χ1n) is 8.33. The quantitative estimate of drug-likeness (QED) is 0.613. The van der Waals surface area contributed by atoms with Gasteiger partial charge in [0.2, 0.25) is 0 Å². The first kappa shape index (κ1) is 19.0. The third-order valence-electron chi connectivity index (χ3n) is 4.12. The summed E-state index contributed by atoms with van der Waals surface area (Å²) < 4.78 is 12.0. The molecule has 0 radical (unpaired) electrons. The smallest absolute Gasteiger partial charge is 0.305 e. The van der Waals surface area contributed by atoms with E-state index in [0.29, 0.717) is 16.9 Å². The Labute approximate surface area is 165 Å². The summed E-state index contributed by atoms with van der Waals surface area (Å²) in [5.41, 5.74) is 7.96. The minimum Gasteiger partial charge on any atom is -0.483 e. The second-order valence-corrected chi connectivity index (χ2v) is 7.17. The van der Waals surface area contributed by atoms with Crippen molar-refractivity contribution in [2.75, 3.05) is 6.61 Å². The number of halogens is 1. The summed E-state index contributed by atoms with van der Waals surface area (Å²) in [4.78, 5) is 24.3. The average molecular weight is 431 g/mol. The molecule has 2 aromatic carbocycles. The van der Waals surface area contributed by atoms with Crippen molar-refractivity contribution in [1.29, 1.82) is 0 Å². The standard InChI is InChI=1S/C20H19BrN2O4/c1-11-4-5-12(2)17(8-11)26-10-18(24)22-23-20(25)19-13(3)15-9-14(21)6-7-16(15)27-19/h4-9H,10H2,1-3H3,(H,22,24)(H,23,25). The fraction of sp³-hybridized carbons (Fsp3) is 0.200. The normalized spacial score (nSPS) is 10.7. The molecule has 0 aliphatic carbocycles. The molecular formula is C20H19BrN2O4. The van der Waals surface area contributed by atoms with Crippen LogP contribution in [0.15, 0.2) is 45.3 Å². The van der Waals surface area contributed by atoms with E-state index in [1.807, 2.05) is 44.2 Å². The molecule has 0 atom stereocenters. The summed E-state index contributed by atoms with van der Waals surface area (Å²) in [5, 5.41) is 0.833. The zero-order chi connectivity index (χ0) is 19.6. The van der Waals surface area contributed by atoms with E-state index >= 15 is 0 Å². The highest BCUT2D eigenvalue weighted by atomic mass is 79.9. The number of fused-ring (bicyclic) bond motifs is 1. The number of carbonyl (C=O) groups excluding carboxylic acids is 2. The molecule has 0 saturated carbocycles. The predicted molar refractivity (Wildman–Crippen MR) is 106 cm³/mol. The largest absolute Gasteiger partial charge is 0.483 e. The van der Waals surface area contributed by atoms with Gasteiger partial charge in [-0.25, -0.2) is 0 Å². The zero-order valence-corrected chi connectivity index (χ0v) is 16.8. The molecule has 0 fully saturated rings. The van der Waals surface area contributed by atoms with Gasteiger partial charge in [-0.05, 0) is 56.2 Å². The molecule has 0 aliphatic rings. The van der Waals surface area contributed by atoms with Crippen LogP contribution in [-0.2, 0) is 4.79 Å². The van der Waals surface area contributed by atoms with Crippen molar-refractivity contribution < 1.29 is 18.7 Å². The van der Waals surface area contributed by atoms with Crippen molar-refractivity contribution in [1.82, 2.24) is 10.9 Å². The number of benzene rings is 2. The highest BCUT2D eigenvalue weighted by Crippen LogP contribution is 2.27. The van der Waals surface area contributed by atoms with Crippen molar-refractivity contribution >= 4 is 38.7 Å². The molecule has 0 saturated heterocycles. The van der Waals surface area contributed by atoms with Crippen molar-refractivity contribution in [3.8, 4) is 5.75 Å². The summed E-state index contributed by atoms with van der Waals surface area (Å²) in [6.45, 7) is 5.42.